The van der Waals surface area contributed by atoms with Crippen LogP contribution in [-0.4, -0.2) is 87.5 Å². The van der Waals surface area contributed by atoms with Crippen LogP contribution in [0.1, 0.15) is 277 Å². The van der Waals surface area contributed by atoms with Gasteiger partial charge < -0.3 is 40.3 Å². The second-order valence-corrected chi connectivity index (χ2v) is 20.4. The number of aliphatic hydroxyl groups excluding tert-OH is 5. The van der Waals surface area contributed by atoms with E-state index in [2.05, 4.69) is 55.6 Å². The van der Waals surface area contributed by atoms with Crippen LogP contribution >= 0.6 is 0 Å². The molecule has 7 atom stereocenters. The van der Waals surface area contributed by atoms with Crippen molar-refractivity contribution in [1.82, 2.24) is 5.32 Å². The largest absolute Gasteiger partial charge is 0.394 e. The lowest BCUT2D eigenvalue weighted by atomic mass is 9.99. The maximum absolute atomic E-state index is 13.0. The predicted octanol–water partition coefficient (Wildman–Crippen LogP) is 14.4. The van der Waals surface area contributed by atoms with Crippen LogP contribution in [0.15, 0.2) is 36.5 Å². The zero-order valence-corrected chi connectivity index (χ0v) is 44.4. The maximum Gasteiger partial charge on any atom is 0.220 e. The van der Waals surface area contributed by atoms with Crippen molar-refractivity contribution in [1.29, 1.82) is 0 Å². The fourth-order valence-corrected chi connectivity index (χ4v) is 9.35. The van der Waals surface area contributed by atoms with Crippen molar-refractivity contribution in [3.8, 4) is 0 Å². The molecule has 1 aliphatic heterocycles. The van der Waals surface area contributed by atoms with Crippen molar-refractivity contribution in [3.63, 3.8) is 0 Å². The second-order valence-electron chi connectivity index (χ2n) is 20.4. The molecule has 9 nitrogen and oxygen atoms in total. The summed E-state index contributed by atoms with van der Waals surface area (Å²) in [7, 11) is 0. The van der Waals surface area contributed by atoms with Crippen LogP contribution in [0.3, 0.4) is 0 Å². The Morgan fingerprint density at radius 1 is 0.500 bits per heavy atom. The molecule has 0 spiro atoms. The molecule has 6 N–H and O–H groups in total. The minimum atomic E-state index is -1.55. The molecule has 0 aromatic carbocycles. The summed E-state index contributed by atoms with van der Waals surface area (Å²) in [6.45, 7) is 3.80. The Balaban J connectivity index is 2.00. The minimum absolute atomic E-state index is 0.135. The lowest BCUT2D eigenvalue weighted by Gasteiger charge is -2.40. The van der Waals surface area contributed by atoms with E-state index in [0.717, 1.165) is 51.4 Å². The Labute approximate surface area is 419 Å². The third-order valence-corrected chi connectivity index (χ3v) is 14.0. The van der Waals surface area contributed by atoms with Crippen molar-refractivity contribution in [2.45, 2.75) is 320 Å². The van der Waals surface area contributed by atoms with Gasteiger partial charge in [-0.15, -0.1) is 0 Å². The van der Waals surface area contributed by atoms with Crippen LogP contribution in [0, 0.1) is 0 Å². The molecule has 9 heteroatoms. The molecule has 0 aromatic heterocycles. The van der Waals surface area contributed by atoms with Crippen LogP contribution in [0.5, 0.6) is 0 Å². The Hall–Kier alpha value is -1.59. The average Bonchev–Trinajstić information content (AvgIpc) is 3.34. The lowest BCUT2D eigenvalue weighted by Crippen LogP contribution is -2.60. The molecule has 400 valence electrons. The van der Waals surface area contributed by atoms with Crippen LogP contribution in [0.25, 0.3) is 0 Å². The Kier molecular flexibility index (Phi) is 46.4. The van der Waals surface area contributed by atoms with Gasteiger partial charge in [0.05, 0.1) is 25.4 Å². The van der Waals surface area contributed by atoms with Gasteiger partial charge in [-0.2, -0.15) is 0 Å². The van der Waals surface area contributed by atoms with Crippen LogP contribution in [0.2, 0.25) is 0 Å². The zero-order chi connectivity index (χ0) is 49.4. The van der Waals surface area contributed by atoms with E-state index >= 15 is 0 Å². The third kappa shape index (κ3) is 38.1. The van der Waals surface area contributed by atoms with Gasteiger partial charge in [0, 0.05) is 6.42 Å². The van der Waals surface area contributed by atoms with Gasteiger partial charge in [0.15, 0.2) is 6.29 Å². The summed E-state index contributed by atoms with van der Waals surface area (Å²) in [4.78, 5) is 13.0. The van der Waals surface area contributed by atoms with E-state index < -0.39 is 49.5 Å². The highest BCUT2D eigenvalue weighted by molar-refractivity contribution is 5.76. The summed E-state index contributed by atoms with van der Waals surface area (Å²) in [5.41, 5.74) is 0. The number of ether oxygens (including phenoxy) is 2. The van der Waals surface area contributed by atoms with Crippen molar-refractivity contribution in [2.75, 3.05) is 13.2 Å². The normalized spacial score (nSPS) is 19.8. The van der Waals surface area contributed by atoms with Gasteiger partial charge in [0.2, 0.25) is 5.91 Å². The molecule has 1 fully saturated rings. The van der Waals surface area contributed by atoms with Gasteiger partial charge in [0.25, 0.3) is 0 Å². The molecule has 0 aliphatic carbocycles. The number of aliphatic hydroxyl groups is 5. The summed E-state index contributed by atoms with van der Waals surface area (Å²) in [5.74, 6) is -0.144. The number of nitrogens with one attached hydrogen (secondary N) is 1. The second kappa shape index (κ2) is 49.0. The minimum Gasteiger partial charge on any atom is -0.394 e. The summed E-state index contributed by atoms with van der Waals surface area (Å²) in [6, 6.07) is -0.714. The van der Waals surface area contributed by atoms with Crippen LogP contribution < -0.4 is 5.32 Å². The van der Waals surface area contributed by atoms with Gasteiger partial charge >= 0.3 is 0 Å². The molecule has 1 saturated heterocycles. The van der Waals surface area contributed by atoms with E-state index in [1.165, 1.54) is 199 Å². The number of carbonyl (C=O) groups excluding carboxylic acids is 1. The Morgan fingerprint density at radius 3 is 1.28 bits per heavy atom. The molecule has 68 heavy (non-hydrogen) atoms. The molecule has 1 heterocycles. The van der Waals surface area contributed by atoms with Crippen molar-refractivity contribution < 1.29 is 39.8 Å². The number of hydrogen-bond acceptors (Lipinski definition) is 8. The number of rotatable bonds is 50. The van der Waals surface area contributed by atoms with E-state index in [0.29, 0.717) is 12.8 Å². The molecule has 0 aromatic rings. The number of allylic oxidation sites excluding steroid dienone is 6. The smallest absolute Gasteiger partial charge is 0.220 e. The highest BCUT2D eigenvalue weighted by atomic mass is 16.7. The van der Waals surface area contributed by atoms with E-state index in [9.17, 15) is 30.3 Å². The van der Waals surface area contributed by atoms with Crippen LogP contribution in [0.4, 0.5) is 0 Å². The third-order valence-electron chi connectivity index (χ3n) is 14.0. The highest BCUT2D eigenvalue weighted by Gasteiger charge is 2.44. The number of carbonyl (C=O) groups is 1. The summed E-state index contributed by atoms with van der Waals surface area (Å²) >= 11 is 0. The van der Waals surface area contributed by atoms with E-state index in [1.807, 2.05) is 0 Å². The number of amides is 1. The first-order valence-corrected chi connectivity index (χ1v) is 29.2. The van der Waals surface area contributed by atoms with Crippen molar-refractivity contribution >= 4 is 5.91 Å². The summed E-state index contributed by atoms with van der Waals surface area (Å²) in [6.07, 6.45) is 56.5. The standard InChI is InChI=1S/C59H111NO8/c1-3-5-7-9-11-13-14-15-16-17-18-19-20-21-22-23-24-25-26-27-28-29-30-31-32-33-34-35-36-37-38-39-40-41-43-45-47-49-55(63)60-52(53(62)48-46-44-42-12-10-8-6-4-2)51-67-59-58(66)57(65)56(64)54(50-61)68-59/h14-15,17-18,20-21,52-54,56-59,61-62,64-66H,3-13,16,19,22-51H2,1-2H3,(H,60,63)/b15-14-,18-17-,21-20-. The molecule has 1 aliphatic rings. The molecule has 7 unspecified atom stereocenters. The Bertz CT molecular complexity index is 1160. The molecule has 1 amide bonds. The summed E-state index contributed by atoms with van der Waals surface area (Å²) < 4.78 is 11.2. The monoisotopic (exact) mass is 962 g/mol. The molecule has 1 rings (SSSR count). The number of unbranched alkanes of at least 4 members (excludes halogenated alkanes) is 34. The van der Waals surface area contributed by atoms with E-state index in [1.54, 1.807) is 0 Å². The van der Waals surface area contributed by atoms with Crippen molar-refractivity contribution in [3.05, 3.63) is 36.5 Å². The zero-order valence-electron chi connectivity index (χ0n) is 44.4. The summed E-state index contributed by atoms with van der Waals surface area (Å²) in [5, 5.41) is 54.3. The predicted molar refractivity (Wildman–Crippen MR) is 286 cm³/mol. The van der Waals surface area contributed by atoms with Gasteiger partial charge in [0.1, 0.15) is 24.4 Å². The SMILES string of the molecule is CCCCCCC/C=C\C/C=C\C/C=C\CCCCCCCCCCCCCCCCCCCCCCCCC(=O)NC(COC1OC(CO)C(O)C(O)C1O)C(O)CCCCCCCCCC. The lowest BCUT2D eigenvalue weighted by molar-refractivity contribution is -0.302. The first-order valence-electron chi connectivity index (χ1n) is 29.2. The quantitative estimate of drug-likeness (QED) is 0.0261. The molecule has 0 radical (unpaired) electrons. The first kappa shape index (κ1) is 64.4. The average molecular weight is 963 g/mol. The molecular weight excluding hydrogens is 851 g/mol. The number of hydrogen-bond donors (Lipinski definition) is 6. The van der Waals surface area contributed by atoms with Gasteiger partial charge in [-0.3, -0.25) is 4.79 Å². The van der Waals surface area contributed by atoms with Gasteiger partial charge in [-0.1, -0.05) is 256 Å². The fourth-order valence-electron chi connectivity index (χ4n) is 9.35. The first-order chi connectivity index (χ1) is 33.3. The van der Waals surface area contributed by atoms with Crippen molar-refractivity contribution in [2.24, 2.45) is 0 Å². The maximum atomic E-state index is 13.0. The highest BCUT2D eigenvalue weighted by Crippen LogP contribution is 2.23. The molecular formula is C59H111NO8. The van der Waals surface area contributed by atoms with Crippen LogP contribution in [-0.2, 0) is 14.3 Å². The van der Waals surface area contributed by atoms with Gasteiger partial charge in [-0.25, -0.2) is 0 Å². The topological polar surface area (TPSA) is 149 Å². The molecule has 0 bridgehead atoms. The Morgan fingerprint density at radius 2 is 0.868 bits per heavy atom. The van der Waals surface area contributed by atoms with Gasteiger partial charge in [-0.05, 0) is 51.4 Å². The van der Waals surface area contributed by atoms with E-state index in [4.69, 9.17) is 9.47 Å². The fraction of sp³-hybridized carbons (Fsp3) is 0.881. The van der Waals surface area contributed by atoms with E-state index in [-0.39, 0.29) is 12.5 Å². The molecule has 0 saturated carbocycles.